The van der Waals surface area contributed by atoms with Gasteiger partial charge in [0.25, 0.3) is 0 Å². The van der Waals surface area contributed by atoms with E-state index >= 15 is 0 Å². The van der Waals surface area contributed by atoms with Crippen LogP contribution in [0.5, 0.6) is 0 Å². The number of rotatable bonds is 9. The van der Waals surface area contributed by atoms with Crippen molar-refractivity contribution in [1.29, 1.82) is 0 Å². The minimum Gasteiger partial charge on any atom is -0.478 e. The van der Waals surface area contributed by atoms with Crippen molar-refractivity contribution in [2.75, 3.05) is 4.72 Å². The van der Waals surface area contributed by atoms with Crippen molar-refractivity contribution in [3.05, 3.63) is 65.1 Å². The highest BCUT2D eigenvalue weighted by Gasteiger charge is 2.03. The monoisotopic (exact) mass is 317 g/mol. The molecule has 1 aromatic rings. The van der Waals surface area contributed by atoms with E-state index in [2.05, 4.69) is 30.4 Å². The van der Waals surface area contributed by atoms with Gasteiger partial charge < -0.3 is 9.83 Å². The lowest BCUT2D eigenvalue weighted by molar-refractivity contribution is -0.132. The largest absolute Gasteiger partial charge is 0.478 e. The van der Waals surface area contributed by atoms with Crippen molar-refractivity contribution >= 4 is 23.6 Å². The minimum atomic E-state index is -1.01. The number of carboxylic acids is 1. The second kappa shape index (κ2) is 9.90. The van der Waals surface area contributed by atoms with E-state index in [1.54, 1.807) is 6.08 Å². The second-order valence-electron chi connectivity index (χ2n) is 4.88. The Labute approximate surface area is 137 Å². The number of unbranched alkanes of at least 4 members (excludes halogenated alkanes) is 1. The predicted molar refractivity (Wildman–Crippen MR) is 95.9 cm³/mol. The highest BCUT2D eigenvalue weighted by atomic mass is 32.2. The zero-order chi connectivity index (χ0) is 16.4. The Balaban J connectivity index is 2.65. The van der Waals surface area contributed by atoms with E-state index in [0.29, 0.717) is 0 Å². The number of hydrogen-bond donors (Lipinski definition) is 2. The van der Waals surface area contributed by atoms with Gasteiger partial charge in [-0.1, -0.05) is 44.2 Å². The van der Waals surface area contributed by atoms with E-state index in [1.165, 1.54) is 30.4 Å². The SMILES string of the molecule is C=C(/C=C(\C=C/C)SNc1ccc(CCCC)cc1)C(=O)O. The molecule has 0 aliphatic heterocycles. The average Bonchev–Trinajstić information content (AvgIpc) is 2.51. The van der Waals surface area contributed by atoms with Crippen LogP contribution in [-0.2, 0) is 11.2 Å². The molecule has 0 unspecified atom stereocenters. The molecule has 22 heavy (non-hydrogen) atoms. The summed E-state index contributed by atoms with van der Waals surface area (Å²) in [6, 6.07) is 8.32. The maximum atomic E-state index is 10.8. The van der Waals surface area contributed by atoms with Gasteiger partial charge in [0.05, 0.1) is 5.57 Å². The number of aryl methyl sites for hydroxylation is 1. The maximum Gasteiger partial charge on any atom is 0.335 e. The molecule has 118 valence electrons. The highest BCUT2D eigenvalue weighted by molar-refractivity contribution is 8.04. The number of carboxylic acid groups (broad SMARTS) is 1. The van der Waals surface area contributed by atoms with Gasteiger partial charge >= 0.3 is 5.97 Å². The van der Waals surface area contributed by atoms with Crippen molar-refractivity contribution in [3.63, 3.8) is 0 Å². The van der Waals surface area contributed by atoms with Gasteiger partial charge in [-0.2, -0.15) is 0 Å². The molecule has 0 spiro atoms. The Bertz CT molecular complexity index is 559. The summed E-state index contributed by atoms with van der Waals surface area (Å²) in [4.78, 5) is 11.6. The Morgan fingerprint density at radius 3 is 2.59 bits per heavy atom. The molecule has 0 aliphatic carbocycles. The van der Waals surface area contributed by atoms with Gasteiger partial charge in [-0.3, -0.25) is 0 Å². The van der Waals surface area contributed by atoms with Gasteiger partial charge in [0.1, 0.15) is 0 Å². The zero-order valence-corrected chi connectivity index (χ0v) is 14.0. The summed E-state index contributed by atoms with van der Waals surface area (Å²) in [5.41, 5.74) is 2.39. The molecule has 0 amide bonds. The molecule has 0 fully saturated rings. The molecule has 0 heterocycles. The van der Waals surface area contributed by atoms with Crippen LogP contribution in [0, 0.1) is 0 Å². The molecule has 0 aromatic heterocycles. The third-order valence-electron chi connectivity index (χ3n) is 2.98. The number of benzene rings is 1. The smallest absolute Gasteiger partial charge is 0.335 e. The standard InChI is InChI=1S/C18H23NO2S/c1-4-6-8-15-9-11-16(12-10-15)19-22-17(7-5-2)13-14(3)18(20)21/h5,7,9-13,19H,3-4,6,8H2,1-2H3,(H,20,21)/b7-5-,17-13+. The van der Waals surface area contributed by atoms with Gasteiger partial charge in [-0.15, -0.1) is 0 Å². The van der Waals surface area contributed by atoms with Crippen molar-refractivity contribution in [2.45, 2.75) is 33.1 Å². The van der Waals surface area contributed by atoms with Crippen LogP contribution in [0.3, 0.4) is 0 Å². The lowest BCUT2D eigenvalue weighted by Crippen LogP contribution is -1.96. The number of carbonyl (C=O) groups is 1. The molecule has 1 aromatic carbocycles. The average molecular weight is 317 g/mol. The van der Waals surface area contributed by atoms with Crippen molar-refractivity contribution in [2.24, 2.45) is 0 Å². The van der Waals surface area contributed by atoms with Crippen LogP contribution >= 0.6 is 11.9 Å². The molecule has 2 N–H and O–H groups in total. The van der Waals surface area contributed by atoms with Crippen molar-refractivity contribution in [3.8, 4) is 0 Å². The van der Waals surface area contributed by atoms with Crippen LogP contribution in [0.25, 0.3) is 0 Å². The minimum absolute atomic E-state index is 0.0670. The van der Waals surface area contributed by atoms with Crippen LogP contribution in [0.1, 0.15) is 32.3 Å². The number of allylic oxidation sites excluding steroid dienone is 2. The first-order chi connectivity index (χ1) is 10.6. The van der Waals surface area contributed by atoms with Gasteiger partial charge in [-0.25, -0.2) is 4.79 Å². The van der Waals surface area contributed by atoms with E-state index in [9.17, 15) is 4.79 Å². The highest BCUT2D eigenvalue weighted by Crippen LogP contribution is 2.22. The molecule has 0 saturated carbocycles. The van der Waals surface area contributed by atoms with Crippen LogP contribution in [0.2, 0.25) is 0 Å². The van der Waals surface area contributed by atoms with Crippen molar-refractivity contribution in [1.82, 2.24) is 0 Å². The first-order valence-electron chi connectivity index (χ1n) is 7.35. The summed E-state index contributed by atoms with van der Waals surface area (Å²) in [5, 5.41) is 8.89. The zero-order valence-electron chi connectivity index (χ0n) is 13.1. The Hall–Kier alpha value is -1.94. The molecule has 0 bridgehead atoms. The van der Waals surface area contributed by atoms with Crippen LogP contribution < -0.4 is 4.72 Å². The molecule has 3 nitrogen and oxygen atoms in total. The summed E-state index contributed by atoms with van der Waals surface area (Å²) in [5.74, 6) is -1.01. The van der Waals surface area contributed by atoms with Gasteiger partial charge in [0, 0.05) is 10.6 Å². The molecule has 0 aliphatic rings. The summed E-state index contributed by atoms with van der Waals surface area (Å²) >= 11 is 1.37. The number of nitrogens with one attached hydrogen (secondary N) is 1. The maximum absolute atomic E-state index is 10.8. The molecule has 0 radical (unpaired) electrons. The lowest BCUT2D eigenvalue weighted by Gasteiger charge is -2.07. The Morgan fingerprint density at radius 2 is 2.05 bits per heavy atom. The lowest BCUT2D eigenvalue weighted by atomic mass is 10.1. The number of aliphatic carboxylic acids is 1. The van der Waals surface area contributed by atoms with Crippen LogP contribution in [0.4, 0.5) is 5.69 Å². The van der Waals surface area contributed by atoms with E-state index < -0.39 is 5.97 Å². The number of hydrogen-bond acceptors (Lipinski definition) is 3. The molecule has 0 saturated heterocycles. The van der Waals surface area contributed by atoms with E-state index in [-0.39, 0.29) is 5.57 Å². The Morgan fingerprint density at radius 1 is 1.36 bits per heavy atom. The molecule has 4 heteroatoms. The topological polar surface area (TPSA) is 49.3 Å². The third kappa shape index (κ3) is 6.68. The first-order valence-corrected chi connectivity index (χ1v) is 8.16. The fourth-order valence-electron chi connectivity index (χ4n) is 1.75. The Kier molecular flexibility index (Phi) is 8.15. The molecule has 1 rings (SSSR count). The summed E-state index contributed by atoms with van der Waals surface area (Å²) in [6.45, 7) is 7.60. The van der Waals surface area contributed by atoms with E-state index in [0.717, 1.165) is 17.0 Å². The first kappa shape index (κ1) is 18.1. The van der Waals surface area contributed by atoms with Crippen LogP contribution in [-0.4, -0.2) is 11.1 Å². The van der Waals surface area contributed by atoms with Gasteiger partial charge in [-0.05, 0) is 55.5 Å². The van der Waals surface area contributed by atoms with E-state index in [1.807, 2.05) is 31.2 Å². The van der Waals surface area contributed by atoms with Crippen molar-refractivity contribution < 1.29 is 9.90 Å². The number of anilines is 1. The summed E-state index contributed by atoms with van der Waals surface area (Å²) in [7, 11) is 0. The quantitative estimate of drug-likeness (QED) is 0.374. The fraction of sp³-hybridized carbons (Fsp3) is 0.278. The predicted octanol–water partition coefficient (Wildman–Crippen LogP) is 5.19. The second-order valence-corrected chi connectivity index (χ2v) is 5.76. The van der Waals surface area contributed by atoms with Crippen LogP contribution in [0.15, 0.2) is 59.6 Å². The van der Waals surface area contributed by atoms with E-state index in [4.69, 9.17) is 5.11 Å². The molecule has 0 atom stereocenters. The normalized spacial score (nSPS) is 11.6. The molecular weight excluding hydrogens is 294 g/mol. The summed E-state index contributed by atoms with van der Waals surface area (Å²) < 4.78 is 3.22. The fourth-order valence-corrected chi connectivity index (χ4v) is 2.52. The molecular formula is C18H23NO2S. The van der Waals surface area contributed by atoms with Gasteiger partial charge in [0.2, 0.25) is 0 Å². The van der Waals surface area contributed by atoms with Gasteiger partial charge in [0.15, 0.2) is 0 Å². The third-order valence-corrected chi connectivity index (χ3v) is 3.81. The summed E-state index contributed by atoms with van der Waals surface area (Å²) in [6.07, 6.45) is 8.76.